The van der Waals surface area contributed by atoms with E-state index in [1.165, 1.54) is 89.9 Å². The molecule has 0 bridgehead atoms. The van der Waals surface area contributed by atoms with Crippen molar-refractivity contribution in [1.82, 2.24) is 0 Å². The van der Waals surface area contributed by atoms with Crippen LogP contribution in [0.4, 0.5) is 0 Å². The van der Waals surface area contributed by atoms with Gasteiger partial charge in [-0.2, -0.15) is 0 Å². The molecule has 0 fully saturated rings. The van der Waals surface area contributed by atoms with Crippen LogP contribution >= 0.6 is 37.0 Å². The number of hydrogen-bond acceptors (Lipinski definition) is 6. The van der Waals surface area contributed by atoms with E-state index in [2.05, 4.69) is 39.1 Å². The lowest BCUT2D eigenvalue weighted by Gasteiger charge is -2.24. The zero-order chi connectivity index (χ0) is 23.9. The molecule has 0 rings (SSSR count). The molecule has 3 nitrogen and oxygen atoms in total. The number of thiol groups is 2. The van der Waals surface area contributed by atoms with Crippen LogP contribution in [0, 0.1) is 0 Å². The molecule has 0 N–H and O–H groups in total. The standard InChI is InChI=1S/C25H53BO3S3/c1-5-9-10-11-12-13-14-15-16-17-18-19-20-21-22-32-25(8-4)29-26(27-23(30)6-2)28-24(31)7-3/h23-25,30-31H,5-22H2,1-4H3. The van der Waals surface area contributed by atoms with Gasteiger partial charge in [0.1, 0.15) is 0 Å². The van der Waals surface area contributed by atoms with Gasteiger partial charge in [-0.05, 0) is 31.4 Å². The van der Waals surface area contributed by atoms with Crippen LogP contribution in [0.1, 0.15) is 137 Å². The fourth-order valence-corrected chi connectivity index (χ4v) is 4.67. The predicted molar refractivity (Wildman–Crippen MR) is 152 cm³/mol. The molecule has 0 aromatic heterocycles. The van der Waals surface area contributed by atoms with E-state index in [-0.39, 0.29) is 16.3 Å². The number of rotatable bonds is 25. The van der Waals surface area contributed by atoms with E-state index in [0.717, 1.165) is 25.0 Å². The van der Waals surface area contributed by atoms with Crippen LogP contribution in [-0.2, 0) is 14.0 Å². The summed E-state index contributed by atoms with van der Waals surface area (Å²) in [4.78, 5) is 0. The average Bonchev–Trinajstić information content (AvgIpc) is 2.80. The van der Waals surface area contributed by atoms with E-state index in [4.69, 9.17) is 14.0 Å². The van der Waals surface area contributed by atoms with E-state index in [1.807, 2.05) is 25.6 Å². The van der Waals surface area contributed by atoms with Crippen molar-refractivity contribution in [3.8, 4) is 0 Å². The second-order valence-corrected chi connectivity index (χ2v) is 11.1. The Bertz CT molecular complexity index is 368. The molecule has 0 heterocycles. The van der Waals surface area contributed by atoms with Gasteiger partial charge >= 0.3 is 7.32 Å². The van der Waals surface area contributed by atoms with Crippen molar-refractivity contribution in [3.63, 3.8) is 0 Å². The van der Waals surface area contributed by atoms with Gasteiger partial charge in [0.15, 0.2) is 0 Å². The van der Waals surface area contributed by atoms with Gasteiger partial charge in [-0.1, -0.05) is 111 Å². The van der Waals surface area contributed by atoms with Gasteiger partial charge in [0.05, 0.1) is 16.3 Å². The highest BCUT2D eigenvalue weighted by molar-refractivity contribution is 7.99. The first-order chi connectivity index (χ1) is 15.6. The molecular formula is C25H53BO3S3. The topological polar surface area (TPSA) is 27.7 Å². The van der Waals surface area contributed by atoms with E-state index in [1.54, 1.807) is 0 Å². The third-order valence-corrected chi connectivity index (χ3v) is 7.95. The summed E-state index contributed by atoms with van der Waals surface area (Å²) < 4.78 is 17.7. The Morgan fingerprint density at radius 2 is 0.969 bits per heavy atom. The highest BCUT2D eigenvalue weighted by atomic mass is 32.2. The summed E-state index contributed by atoms with van der Waals surface area (Å²) in [5, 5.41) is 0. The lowest BCUT2D eigenvalue weighted by molar-refractivity contribution is 0.0676. The molecule has 0 aliphatic rings. The maximum absolute atomic E-state index is 6.08. The Morgan fingerprint density at radius 3 is 1.34 bits per heavy atom. The van der Waals surface area contributed by atoms with E-state index >= 15 is 0 Å². The second-order valence-electron chi connectivity index (χ2n) is 8.73. The molecule has 0 radical (unpaired) electrons. The summed E-state index contributed by atoms with van der Waals surface area (Å²) in [6, 6.07) is 0. The smallest absolute Gasteiger partial charge is 0.374 e. The molecule has 0 amide bonds. The summed E-state index contributed by atoms with van der Waals surface area (Å²) in [6.45, 7) is 8.51. The number of hydrogen-bond donors (Lipinski definition) is 2. The Balaban J connectivity index is 3.73. The summed E-state index contributed by atoms with van der Waals surface area (Å²) in [5.74, 6) is 1.12. The van der Waals surface area contributed by atoms with Gasteiger partial charge in [-0.25, -0.2) is 0 Å². The zero-order valence-electron chi connectivity index (χ0n) is 21.6. The molecule has 0 aromatic carbocycles. The normalized spacial score (nSPS) is 14.4. The molecule has 0 aromatic rings. The lowest BCUT2D eigenvalue weighted by atomic mass is 10.0. The Morgan fingerprint density at radius 1 is 0.562 bits per heavy atom. The SMILES string of the molecule is CCCCCCCCCCCCCCCCSC(CC)OB(OC(S)CC)OC(S)CC. The minimum atomic E-state index is -0.700. The van der Waals surface area contributed by atoms with Gasteiger partial charge in [0.25, 0.3) is 0 Å². The van der Waals surface area contributed by atoms with Crippen molar-refractivity contribution in [2.24, 2.45) is 0 Å². The fraction of sp³-hybridized carbons (Fsp3) is 1.00. The maximum Gasteiger partial charge on any atom is 0.641 e. The number of thioether (sulfide) groups is 1. The zero-order valence-corrected chi connectivity index (χ0v) is 24.2. The third kappa shape index (κ3) is 21.5. The fourth-order valence-electron chi connectivity index (χ4n) is 3.43. The Hall–Kier alpha value is 0.995. The molecular weight excluding hydrogens is 455 g/mol. The van der Waals surface area contributed by atoms with Crippen molar-refractivity contribution >= 4 is 44.3 Å². The molecule has 192 valence electrons. The molecule has 0 aliphatic heterocycles. The van der Waals surface area contributed by atoms with Crippen LogP contribution in [0.2, 0.25) is 0 Å². The minimum absolute atomic E-state index is 0.0803. The molecule has 0 spiro atoms. The first-order valence-corrected chi connectivity index (χ1v) is 15.6. The average molecular weight is 509 g/mol. The second kappa shape index (κ2) is 25.1. The largest absolute Gasteiger partial charge is 0.641 e. The molecule has 0 saturated carbocycles. The van der Waals surface area contributed by atoms with Crippen molar-refractivity contribution in [2.75, 3.05) is 5.75 Å². The van der Waals surface area contributed by atoms with E-state index < -0.39 is 7.32 Å². The van der Waals surface area contributed by atoms with Crippen molar-refractivity contribution in [2.45, 2.75) is 153 Å². The van der Waals surface area contributed by atoms with Gasteiger partial charge in [0, 0.05) is 0 Å². The van der Waals surface area contributed by atoms with E-state index in [9.17, 15) is 0 Å². The molecule has 3 unspecified atom stereocenters. The summed E-state index contributed by atoms with van der Waals surface area (Å²) in [7, 11) is -0.700. The van der Waals surface area contributed by atoms with E-state index in [0.29, 0.717) is 0 Å². The summed E-state index contributed by atoms with van der Waals surface area (Å²) in [5.41, 5.74) is -0.298. The molecule has 3 atom stereocenters. The lowest BCUT2D eigenvalue weighted by Crippen LogP contribution is -2.35. The number of unbranched alkanes of at least 4 members (excludes halogenated alkanes) is 13. The highest BCUT2D eigenvalue weighted by Gasteiger charge is 2.29. The van der Waals surface area contributed by atoms with Crippen LogP contribution in [-0.4, -0.2) is 29.4 Å². The van der Waals surface area contributed by atoms with Gasteiger partial charge in [-0.15, -0.1) is 37.0 Å². The van der Waals surface area contributed by atoms with Crippen LogP contribution < -0.4 is 0 Å². The third-order valence-electron chi connectivity index (χ3n) is 5.63. The van der Waals surface area contributed by atoms with Crippen LogP contribution in [0.25, 0.3) is 0 Å². The minimum Gasteiger partial charge on any atom is -0.374 e. The van der Waals surface area contributed by atoms with Crippen molar-refractivity contribution < 1.29 is 14.0 Å². The Labute approximate surface area is 216 Å². The molecule has 32 heavy (non-hydrogen) atoms. The van der Waals surface area contributed by atoms with Crippen LogP contribution in [0.5, 0.6) is 0 Å². The quantitative estimate of drug-likeness (QED) is 0.0556. The summed E-state index contributed by atoms with van der Waals surface area (Å²) >= 11 is 10.7. The Kier molecular flexibility index (Phi) is 25.9. The first-order valence-electron chi connectivity index (χ1n) is 13.5. The molecule has 0 aliphatic carbocycles. The molecule has 0 saturated heterocycles. The van der Waals surface area contributed by atoms with Crippen LogP contribution in [0.15, 0.2) is 0 Å². The van der Waals surface area contributed by atoms with Gasteiger partial charge < -0.3 is 14.0 Å². The predicted octanol–water partition coefficient (Wildman–Crippen LogP) is 9.30. The first kappa shape index (κ1) is 33.0. The van der Waals surface area contributed by atoms with Gasteiger partial charge in [0.2, 0.25) is 0 Å². The van der Waals surface area contributed by atoms with Crippen molar-refractivity contribution in [3.05, 3.63) is 0 Å². The van der Waals surface area contributed by atoms with Gasteiger partial charge in [-0.3, -0.25) is 0 Å². The van der Waals surface area contributed by atoms with Crippen LogP contribution in [0.3, 0.4) is 0 Å². The monoisotopic (exact) mass is 508 g/mol. The maximum atomic E-state index is 6.08. The molecule has 7 heteroatoms. The highest BCUT2D eigenvalue weighted by Crippen LogP contribution is 2.22. The van der Waals surface area contributed by atoms with Crippen molar-refractivity contribution in [1.29, 1.82) is 0 Å². The summed E-state index contributed by atoms with van der Waals surface area (Å²) in [6.07, 6.45) is 22.1.